The van der Waals surface area contributed by atoms with Gasteiger partial charge < -0.3 is 14.5 Å². The Kier molecular flexibility index (Phi) is 9.41. The van der Waals surface area contributed by atoms with Crippen molar-refractivity contribution in [2.24, 2.45) is 5.41 Å². The molecule has 1 fully saturated rings. The summed E-state index contributed by atoms with van der Waals surface area (Å²) in [4.78, 5) is 32.8. The summed E-state index contributed by atoms with van der Waals surface area (Å²) in [7, 11) is 1.67. The van der Waals surface area contributed by atoms with E-state index in [1.807, 2.05) is 88.7 Å². The number of fused-ring (bicyclic) bond motifs is 1. The minimum absolute atomic E-state index is 0.0741. The number of methoxy groups -OCH3 is 1. The van der Waals surface area contributed by atoms with E-state index in [2.05, 4.69) is 25.7 Å². The third-order valence-corrected chi connectivity index (χ3v) is 7.16. The number of amides is 2. The van der Waals surface area contributed by atoms with Crippen LogP contribution in [0.1, 0.15) is 43.1 Å². The second-order valence-electron chi connectivity index (χ2n) is 11.4. The number of carbonyl (C=O) groups excluding carboxylic acids is 2. The minimum Gasteiger partial charge on any atom is -0.496 e. The molecule has 0 atom stereocenters. The molecule has 0 spiro atoms. The average Bonchev–Trinajstić information content (AvgIpc) is 2.93. The van der Waals surface area contributed by atoms with Crippen LogP contribution in [0.15, 0.2) is 72.8 Å². The molecule has 0 saturated carbocycles. The molecule has 6 nitrogen and oxygen atoms in total. The van der Waals surface area contributed by atoms with Crippen LogP contribution < -0.4 is 4.74 Å². The number of ether oxygens (including phenoxy) is 1. The van der Waals surface area contributed by atoms with Crippen LogP contribution in [0.2, 0.25) is 0 Å². The highest BCUT2D eigenvalue weighted by molar-refractivity contribution is 6.07. The van der Waals surface area contributed by atoms with E-state index >= 15 is 0 Å². The molecule has 0 bridgehead atoms. The molecular formula is C33H41N3O3. The Labute approximate surface area is 232 Å². The molecule has 0 radical (unpaired) electrons. The fourth-order valence-electron chi connectivity index (χ4n) is 5.01. The quantitative estimate of drug-likeness (QED) is 0.364. The van der Waals surface area contributed by atoms with Crippen molar-refractivity contribution in [1.29, 1.82) is 0 Å². The van der Waals surface area contributed by atoms with Crippen LogP contribution >= 0.6 is 0 Å². The summed E-state index contributed by atoms with van der Waals surface area (Å²) in [6, 6.07) is 21.8. The maximum Gasteiger partial charge on any atom is 0.254 e. The number of benzene rings is 3. The Morgan fingerprint density at radius 2 is 1.62 bits per heavy atom. The maximum absolute atomic E-state index is 13.3. The fourth-order valence-corrected chi connectivity index (χ4v) is 5.01. The Balaban J connectivity index is 1.35. The van der Waals surface area contributed by atoms with Crippen LogP contribution in [0.5, 0.6) is 5.75 Å². The van der Waals surface area contributed by atoms with Crippen molar-refractivity contribution in [2.45, 2.75) is 27.2 Å². The zero-order chi connectivity index (χ0) is 27.8. The monoisotopic (exact) mass is 527 g/mol. The second-order valence-corrected chi connectivity index (χ2v) is 11.4. The van der Waals surface area contributed by atoms with Crippen LogP contribution in [0.25, 0.3) is 16.8 Å². The first kappa shape index (κ1) is 28.4. The van der Waals surface area contributed by atoms with Gasteiger partial charge in [0, 0.05) is 63.4 Å². The summed E-state index contributed by atoms with van der Waals surface area (Å²) in [5, 5.41) is 2.09. The summed E-state index contributed by atoms with van der Waals surface area (Å²) in [6.45, 7) is 11.3. The van der Waals surface area contributed by atoms with Crippen LogP contribution in [0.4, 0.5) is 0 Å². The van der Waals surface area contributed by atoms with E-state index in [9.17, 15) is 9.59 Å². The van der Waals surface area contributed by atoms with Gasteiger partial charge in [-0.3, -0.25) is 14.5 Å². The number of hydrogen-bond acceptors (Lipinski definition) is 4. The normalized spacial score (nSPS) is 14.6. The van der Waals surface area contributed by atoms with Gasteiger partial charge >= 0.3 is 0 Å². The lowest BCUT2D eigenvalue weighted by atomic mass is 9.91. The topological polar surface area (TPSA) is 53.1 Å². The van der Waals surface area contributed by atoms with E-state index in [0.717, 1.165) is 47.3 Å². The summed E-state index contributed by atoms with van der Waals surface area (Å²) < 4.78 is 5.45. The van der Waals surface area contributed by atoms with E-state index in [4.69, 9.17) is 4.74 Å². The lowest BCUT2D eigenvalue weighted by Crippen LogP contribution is -2.50. The summed E-state index contributed by atoms with van der Waals surface area (Å²) in [5.41, 5.74) is 1.69. The van der Waals surface area contributed by atoms with Gasteiger partial charge in [0.2, 0.25) is 5.91 Å². The molecule has 3 aromatic carbocycles. The lowest BCUT2D eigenvalue weighted by Gasteiger charge is -2.36. The molecular weight excluding hydrogens is 486 g/mol. The fraction of sp³-hybridized carbons (Fsp3) is 0.394. The number of para-hydroxylation sites is 1. The molecule has 0 aromatic heterocycles. The van der Waals surface area contributed by atoms with E-state index in [1.165, 1.54) is 0 Å². The van der Waals surface area contributed by atoms with Gasteiger partial charge in [0.15, 0.2) is 0 Å². The first-order chi connectivity index (χ1) is 18.7. The van der Waals surface area contributed by atoms with Crippen molar-refractivity contribution in [3.8, 4) is 5.75 Å². The van der Waals surface area contributed by atoms with E-state index in [-0.39, 0.29) is 17.2 Å². The highest BCUT2D eigenvalue weighted by atomic mass is 16.5. The van der Waals surface area contributed by atoms with Gasteiger partial charge in [-0.1, -0.05) is 87.5 Å². The number of piperazine rings is 1. The molecule has 0 aliphatic carbocycles. The molecule has 6 heteroatoms. The molecule has 206 valence electrons. The molecule has 4 rings (SSSR count). The molecule has 1 aliphatic rings. The third kappa shape index (κ3) is 7.70. The van der Waals surface area contributed by atoms with Crippen molar-refractivity contribution in [1.82, 2.24) is 14.7 Å². The van der Waals surface area contributed by atoms with Gasteiger partial charge in [0.25, 0.3) is 5.91 Å². The van der Waals surface area contributed by atoms with Crippen LogP contribution in [0.3, 0.4) is 0 Å². The largest absolute Gasteiger partial charge is 0.496 e. The van der Waals surface area contributed by atoms with E-state index in [0.29, 0.717) is 32.6 Å². The Hall–Kier alpha value is -3.64. The van der Waals surface area contributed by atoms with E-state index in [1.54, 1.807) is 7.11 Å². The molecule has 0 N–H and O–H groups in total. The standard InChI is InChI=1S/C33H41N3O3/c1-33(2,3)25-31(37)35(18-10-14-27-12-6-8-17-30(27)39-4)22-19-34-20-23-36(24-21-34)32(38)29-16-9-13-26-11-5-7-15-28(26)29/h5-17H,18-25H2,1-4H3/b14-10+. The van der Waals surface area contributed by atoms with Crippen molar-refractivity contribution < 1.29 is 14.3 Å². The summed E-state index contributed by atoms with van der Waals surface area (Å²) in [5.74, 6) is 1.07. The Morgan fingerprint density at radius 1 is 0.923 bits per heavy atom. The first-order valence-electron chi connectivity index (χ1n) is 13.8. The number of nitrogens with zero attached hydrogens (tertiary/aromatic N) is 3. The number of rotatable bonds is 9. The Bertz CT molecular complexity index is 1300. The number of hydrogen-bond donors (Lipinski definition) is 0. The second kappa shape index (κ2) is 12.9. The van der Waals surface area contributed by atoms with Crippen molar-refractivity contribution >= 4 is 28.7 Å². The molecule has 0 unspecified atom stereocenters. The first-order valence-corrected chi connectivity index (χ1v) is 13.8. The lowest BCUT2D eigenvalue weighted by molar-refractivity contribution is -0.132. The van der Waals surface area contributed by atoms with Crippen LogP contribution in [0, 0.1) is 5.41 Å². The highest BCUT2D eigenvalue weighted by Gasteiger charge is 2.25. The highest BCUT2D eigenvalue weighted by Crippen LogP contribution is 2.22. The van der Waals surface area contributed by atoms with Crippen LogP contribution in [-0.4, -0.2) is 79.4 Å². The molecule has 3 aromatic rings. The summed E-state index contributed by atoms with van der Waals surface area (Å²) in [6.07, 6.45) is 4.57. The predicted octanol–water partition coefficient (Wildman–Crippen LogP) is 5.58. The van der Waals surface area contributed by atoms with Gasteiger partial charge in [0.05, 0.1) is 7.11 Å². The van der Waals surface area contributed by atoms with Gasteiger partial charge in [0.1, 0.15) is 5.75 Å². The maximum atomic E-state index is 13.3. The summed E-state index contributed by atoms with van der Waals surface area (Å²) >= 11 is 0. The van der Waals surface area contributed by atoms with Crippen molar-refractivity contribution in [3.05, 3.63) is 83.9 Å². The van der Waals surface area contributed by atoms with Gasteiger partial charge in [-0.2, -0.15) is 0 Å². The zero-order valence-electron chi connectivity index (χ0n) is 23.7. The third-order valence-electron chi connectivity index (χ3n) is 7.16. The number of carbonyl (C=O) groups is 2. The molecule has 1 aliphatic heterocycles. The Morgan fingerprint density at radius 3 is 2.36 bits per heavy atom. The van der Waals surface area contributed by atoms with Crippen LogP contribution in [-0.2, 0) is 4.79 Å². The molecule has 2 amide bonds. The minimum atomic E-state index is -0.0741. The van der Waals surface area contributed by atoms with Gasteiger partial charge in [-0.05, 0) is 28.3 Å². The zero-order valence-corrected chi connectivity index (χ0v) is 23.7. The SMILES string of the molecule is COc1ccccc1/C=C/CN(CCN1CCN(C(=O)c2cccc3ccccc23)CC1)C(=O)CC(C)(C)C. The van der Waals surface area contributed by atoms with E-state index < -0.39 is 0 Å². The molecule has 39 heavy (non-hydrogen) atoms. The van der Waals surface area contributed by atoms with Gasteiger partial charge in [-0.25, -0.2) is 0 Å². The van der Waals surface area contributed by atoms with Crippen molar-refractivity contribution in [3.63, 3.8) is 0 Å². The average molecular weight is 528 g/mol. The smallest absolute Gasteiger partial charge is 0.254 e. The van der Waals surface area contributed by atoms with Crippen molar-refractivity contribution in [2.75, 3.05) is 52.9 Å². The molecule has 1 heterocycles. The predicted molar refractivity (Wildman–Crippen MR) is 159 cm³/mol. The molecule has 1 saturated heterocycles. The van der Waals surface area contributed by atoms with Gasteiger partial charge in [-0.15, -0.1) is 0 Å².